The van der Waals surface area contributed by atoms with E-state index in [0.29, 0.717) is 12.6 Å². The van der Waals surface area contributed by atoms with Crippen LogP contribution in [0.25, 0.3) is 0 Å². The van der Waals surface area contributed by atoms with Crippen LogP contribution in [0, 0.1) is 0 Å². The van der Waals surface area contributed by atoms with E-state index in [2.05, 4.69) is 65.6 Å². The molecule has 1 aromatic heterocycles. The minimum atomic E-state index is 0.501. The van der Waals surface area contributed by atoms with Gasteiger partial charge in [-0.3, -0.25) is 4.90 Å². The molecule has 31 heavy (non-hydrogen) atoms. The fourth-order valence-electron chi connectivity index (χ4n) is 4.18. The van der Waals surface area contributed by atoms with Gasteiger partial charge < -0.3 is 20.0 Å². The number of nitrogens with zero attached hydrogens (tertiary/aromatic N) is 3. The summed E-state index contributed by atoms with van der Waals surface area (Å²) in [6.45, 7) is 11.2. The van der Waals surface area contributed by atoms with Crippen LogP contribution in [0.15, 0.2) is 52.1 Å². The lowest BCUT2D eigenvalue weighted by Crippen LogP contribution is -2.48. The number of furan rings is 1. The first-order valence-corrected chi connectivity index (χ1v) is 11.7. The minimum absolute atomic E-state index is 0.501. The number of likely N-dealkylation sites (tertiary alicyclic amines) is 1. The Morgan fingerprint density at radius 2 is 1.87 bits per heavy atom. The van der Waals surface area contributed by atoms with Crippen LogP contribution in [-0.4, -0.2) is 55.0 Å². The summed E-state index contributed by atoms with van der Waals surface area (Å²) in [5.74, 6) is 1.91. The van der Waals surface area contributed by atoms with Crippen LogP contribution in [-0.2, 0) is 19.6 Å². The Bertz CT molecular complexity index is 781. The van der Waals surface area contributed by atoms with Gasteiger partial charge in [0.15, 0.2) is 5.96 Å². The zero-order valence-electron chi connectivity index (χ0n) is 19.4. The van der Waals surface area contributed by atoms with Crippen molar-refractivity contribution in [2.75, 3.05) is 33.2 Å². The number of nitrogens with one attached hydrogen (secondary N) is 2. The first kappa shape index (κ1) is 23.4. The van der Waals surface area contributed by atoms with Crippen LogP contribution in [0.3, 0.4) is 0 Å². The highest BCUT2D eigenvalue weighted by Crippen LogP contribution is 2.15. The second kappa shape index (κ2) is 12.5. The number of rotatable bonds is 10. The quantitative estimate of drug-likeness (QED) is 0.447. The summed E-state index contributed by atoms with van der Waals surface area (Å²) in [5, 5.41) is 7.10. The molecule has 1 saturated heterocycles. The van der Waals surface area contributed by atoms with E-state index in [-0.39, 0.29) is 0 Å². The molecular weight excluding hydrogens is 386 g/mol. The predicted molar refractivity (Wildman–Crippen MR) is 128 cm³/mol. The molecule has 0 radical (unpaired) electrons. The lowest BCUT2D eigenvalue weighted by molar-refractivity contribution is 0.206. The van der Waals surface area contributed by atoms with Crippen molar-refractivity contribution < 1.29 is 4.42 Å². The largest absolute Gasteiger partial charge is 0.468 e. The molecular formula is C25H39N5O. The van der Waals surface area contributed by atoms with Gasteiger partial charge in [0.05, 0.1) is 19.4 Å². The first-order chi connectivity index (χ1) is 15.2. The molecule has 6 heteroatoms. The predicted octanol–water partition coefficient (Wildman–Crippen LogP) is 3.84. The maximum absolute atomic E-state index is 5.49. The lowest BCUT2D eigenvalue weighted by Gasteiger charge is -2.32. The van der Waals surface area contributed by atoms with E-state index in [0.717, 1.165) is 31.4 Å². The Morgan fingerprint density at radius 1 is 1.10 bits per heavy atom. The van der Waals surface area contributed by atoms with E-state index >= 15 is 0 Å². The Kier molecular flexibility index (Phi) is 9.43. The molecule has 0 unspecified atom stereocenters. The summed E-state index contributed by atoms with van der Waals surface area (Å²) in [5.41, 5.74) is 2.58. The first-order valence-electron chi connectivity index (χ1n) is 11.7. The highest BCUT2D eigenvalue weighted by Gasteiger charge is 2.19. The number of hydrogen-bond donors (Lipinski definition) is 2. The molecule has 1 aliphatic heterocycles. The number of guanidine groups is 1. The van der Waals surface area contributed by atoms with Crippen LogP contribution >= 0.6 is 0 Å². The number of hydrogen-bond acceptors (Lipinski definition) is 4. The Balaban J connectivity index is 1.57. The molecule has 1 fully saturated rings. The van der Waals surface area contributed by atoms with Crippen molar-refractivity contribution in [3.05, 3.63) is 59.5 Å². The lowest BCUT2D eigenvalue weighted by atomic mass is 10.1. The molecule has 2 aromatic rings. The number of benzene rings is 1. The van der Waals surface area contributed by atoms with Gasteiger partial charge in [-0.2, -0.15) is 0 Å². The smallest absolute Gasteiger partial charge is 0.191 e. The second-order valence-electron chi connectivity index (χ2n) is 8.48. The monoisotopic (exact) mass is 425 g/mol. The SMILES string of the molecule is CCCN1CCC(NC(=NCc2ccccc2CN(C)Cc2ccco2)NCC)CC1. The third kappa shape index (κ3) is 7.71. The standard InChI is InChI=1S/C25H39N5O/c1-4-14-30-15-12-23(13-16-30)28-25(26-5-2)27-18-21-9-6-7-10-22(21)19-29(3)20-24-11-8-17-31-24/h6-11,17,23H,4-5,12-16,18-20H2,1-3H3,(H2,26,27,28). The highest BCUT2D eigenvalue weighted by molar-refractivity contribution is 5.80. The van der Waals surface area contributed by atoms with Gasteiger partial charge in [-0.1, -0.05) is 31.2 Å². The molecule has 0 atom stereocenters. The normalized spacial score (nSPS) is 16.1. The van der Waals surface area contributed by atoms with Gasteiger partial charge >= 0.3 is 0 Å². The Labute approximate surface area is 187 Å². The van der Waals surface area contributed by atoms with Crippen LogP contribution in [0.4, 0.5) is 0 Å². The van der Waals surface area contributed by atoms with Crippen LogP contribution in [0.2, 0.25) is 0 Å². The topological polar surface area (TPSA) is 56.0 Å². The van der Waals surface area contributed by atoms with Crippen LogP contribution < -0.4 is 10.6 Å². The molecule has 3 rings (SSSR count). The van der Waals surface area contributed by atoms with E-state index in [9.17, 15) is 0 Å². The van der Waals surface area contributed by atoms with Crippen LogP contribution in [0.5, 0.6) is 0 Å². The molecule has 0 bridgehead atoms. The van der Waals surface area contributed by atoms with Gasteiger partial charge in [0.2, 0.25) is 0 Å². The van der Waals surface area contributed by atoms with E-state index in [4.69, 9.17) is 9.41 Å². The van der Waals surface area contributed by atoms with Crippen molar-refractivity contribution >= 4 is 5.96 Å². The maximum atomic E-state index is 5.49. The van der Waals surface area contributed by atoms with Gasteiger partial charge in [0, 0.05) is 32.2 Å². The van der Waals surface area contributed by atoms with E-state index in [1.807, 2.05) is 12.1 Å². The highest BCUT2D eigenvalue weighted by atomic mass is 16.3. The van der Waals surface area contributed by atoms with Crippen LogP contribution in [0.1, 0.15) is 50.0 Å². The molecule has 0 saturated carbocycles. The van der Waals surface area contributed by atoms with E-state index in [1.165, 1.54) is 50.0 Å². The molecule has 0 aliphatic carbocycles. The molecule has 6 nitrogen and oxygen atoms in total. The summed E-state index contributed by atoms with van der Waals surface area (Å²) in [6.07, 6.45) is 5.32. The van der Waals surface area contributed by atoms with Crippen molar-refractivity contribution in [1.82, 2.24) is 20.4 Å². The molecule has 170 valence electrons. The summed E-state index contributed by atoms with van der Waals surface area (Å²) in [6, 6.07) is 13.1. The Hall–Kier alpha value is -2.31. The second-order valence-corrected chi connectivity index (χ2v) is 8.48. The van der Waals surface area contributed by atoms with Crippen molar-refractivity contribution in [2.24, 2.45) is 4.99 Å². The van der Waals surface area contributed by atoms with E-state index < -0.39 is 0 Å². The van der Waals surface area contributed by atoms with Gasteiger partial charge in [0.1, 0.15) is 5.76 Å². The fourth-order valence-corrected chi connectivity index (χ4v) is 4.18. The van der Waals surface area contributed by atoms with Crippen molar-refractivity contribution in [3.8, 4) is 0 Å². The average molecular weight is 426 g/mol. The van der Waals surface area contributed by atoms with Gasteiger partial charge in [0.25, 0.3) is 0 Å². The Morgan fingerprint density at radius 3 is 2.55 bits per heavy atom. The van der Waals surface area contributed by atoms with Gasteiger partial charge in [-0.15, -0.1) is 0 Å². The maximum Gasteiger partial charge on any atom is 0.191 e. The zero-order chi connectivity index (χ0) is 21.9. The molecule has 2 N–H and O–H groups in total. The zero-order valence-corrected chi connectivity index (χ0v) is 19.4. The molecule has 1 aromatic carbocycles. The summed E-state index contributed by atoms with van der Waals surface area (Å²) in [7, 11) is 2.12. The van der Waals surface area contributed by atoms with Crippen molar-refractivity contribution in [2.45, 2.75) is 58.8 Å². The fraction of sp³-hybridized carbons (Fsp3) is 0.560. The van der Waals surface area contributed by atoms with Crippen molar-refractivity contribution in [3.63, 3.8) is 0 Å². The molecule has 0 spiro atoms. The van der Waals surface area contributed by atoms with Crippen molar-refractivity contribution in [1.29, 1.82) is 0 Å². The third-order valence-corrected chi connectivity index (χ3v) is 5.78. The number of piperidine rings is 1. The summed E-state index contributed by atoms with van der Waals surface area (Å²) in [4.78, 5) is 9.76. The summed E-state index contributed by atoms with van der Waals surface area (Å²) >= 11 is 0. The average Bonchev–Trinajstić information content (AvgIpc) is 3.27. The third-order valence-electron chi connectivity index (χ3n) is 5.78. The molecule has 1 aliphatic rings. The molecule has 0 amide bonds. The van der Waals surface area contributed by atoms with Gasteiger partial charge in [-0.05, 0) is 63.0 Å². The molecule has 2 heterocycles. The number of aliphatic imine (C=N–C) groups is 1. The van der Waals surface area contributed by atoms with Gasteiger partial charge in [-0.25, -0.2) is 4.99 Å². The minimum Gasteiger partial charge on any atom is -0.468 e. The summed E-state index contributed by atoms with van der Waals surface area (Å²) < 4.78 is 5.49. The van der Waals surface area contributed by atoms with E-state index in [1.54, 1.807) is 6.26 Å².